The summed E-state index contributed by atoms with van der Waals surface area (Å²) in [5.41, 5.74) is 0.468. The van der Waals surface area contributed by atoms with E-state index in [1.807, 2.05) is 0 Å². The van der Waals surface area contributed by atoms with Crippen molar-refractivity contribution in [1.82, 2.24) is 0 Å². The number of phenols is 1. The highest BCUT2D eigenvalue weighted by atomic mass is 32.1. The second-order valence-electron chi connectivity index (χ2n) is 1.91. The molecule has 1 aromatic carbocycles. The third-order valence-corrected chi connectivity index (χ3v) is 1.17. The summed E-state index contributed by atoms with van der Waals surface area (Å²) in [6.07, 6.45) is 1.69. The Kier molecular flexibility index (Phi) is 4.70. The molecule has 1 nitrogen and oxygen atoms in total. The standard InChI is InChI=1S/C7H7FO.CH4S/c1-5-3-2-4-6(9)7(5)8;1-2/h2-4,9H,1H3;2H,1H3. The zero-order chi connectivity index (χ0) is 8.85. The monoisotopic (exact) mass is 174 g/mol. The first-order chi connectivity index (χ1) is 5.22. The lowest BCUT2D eigenvalue weighted by Crippen LogP contribution is -1.79. The van der Waals surface area contributed by atoms with Gasteiger partial charge in [-0.1, -0.05) is 12.1 Å². The molecule has 0 spiro atoms. The number of hydrogen-bond acceptors (Lipinski definition) is 2. The van der Waals surface area contributed by atoms with Crippen molar-refractivity contribution in [2.45, 2.75) is 6.92 Å². The van der Waals surface area contributed by atoms with Gasteiger partial charge in [-0.2, -0.15) is 12.6 Å². The van der Waals surface area contributed by atoms with Crippen molar-refractivity contribution in [3.63, 3.8) is 0 Å². The number of benzene rings is 1. The predicted molar refractivity (Wildman–Crippen MR) is 47.7 cm³/mol. The van der Waals surface area contributed by atoms with Crippen LogP contribution in [0.25, 0.3) is 0 Å². The molecule has 0 fully saturated rings. The highest BCUT2D eigenvalue weighted by Gasteiger charge is 1.99. The minimum absolute atomic E-state index is 0.282. The lowest BCUT2D eigenvalue weighted by atomic mass is 10.2. The molecule has 0 aromatic heterocycles. The third kappa shape index (κ3) is 2.80. The summed E-state index contributed by atoms with van der Waals surface area (Å²) in [6, 6.07) is 4.53. The van der Waals surface area contributed by atoms with Crippen LogP contribution in [0.15, 0.2) is 18.2 Å². The van der Waals surface area contributed by atoms with Crippen LogP contribution in [0.2, 0.25) is 0 Å². The van der Waals surface area contributed by atoms with Crippen LogP contribution in [-0.2, 0) is 0 Å². The number of thiol groups is 1. The molecule has 0 radical (unpaired) electrons. The van der Waals surface area contributed by atoms with Gasteiger partial charge in [-0.3, -0.25) is 0 Å². The summed E-state index contributed by atoms with van der Waals surface area (Å²) >= 11 is 3.53. The van der Waals surface area contributed by atoms with Crippen molar-refractivity contribution >= 4 is 12.6 Å². The number of aromatic hydroxyl groups is 1. The maximum atomic E-state index is 12.5. The van der Waals surface area contributed by atoms with E-state index in [2.05, 4.69) is 12.6 Å². The normalized spacial score (nSPS) is 8.36. The summed E-state index contributed by atoms with van der Waals surface area (Å²) < 4.78 is 12.5. The van der Waals surface area contributed by atoms with Gasteiger partial charge in [-0.05, 0) is 24.8 Å². The van der Waals surface area contributed by atoms with E-state index in [0.29, 0.717) is 5.56 Å². The fourth-order valence-corrected chi connectivity index (χ4v) is 0.632. The van der Waals surface area contributed by atoms with Crippen molar-refractivity contribution in [2.75, 3.05) is 6.26 Å². The van der Waals surface area contributed by atoms with Crippen LogP contribution in [-0.4, -0.2) is 11.4 Å². The molecule has 0 aliphatic rings. The van der Waals surface area contributed by atoms with E-state index < -0.39 is 5.82 Å². The lowest BCUT2D eigenvalue weighted by molar-refractivity contribution is 0.430. The Morgan fingerprint density at radius 2 is 1.91 bits per heavy atom. The minimum Gasteiger partial charge on any atom is -0.505 e. The highest BCUT2D eigenvalue weighted by molar-refractivity contribution is 7.79. The molecule has 0 aliphatic heterocycles. The molecule has 1 N–H and O–H groups in total. The van der Waals surface area contributed by atoms with Crippen LogP contribution < -0.4 is 0 Å². The molecule has 11 heavy (non-hydrogen) atoms. The fourth-order valence-electron chi connectivity index (χ4n) is 0.632. The predicted octanol–water partition coefficient (Wildman–Crippen LogP) is 2.39. The zero-order valence-electron chi connectivity index (χ0n) is 6.50. The average molecular weight is 174 g/mol. The van der Waals surface area contributed by atoms with Crippen LogP contribution in [0.4, 0.5) is 4.39 Å². The van der Waals surface area contributed by atoms with E-state index in [-0.39, 0.29) is 5.75 Å². The van der Waals surface area contributed by atoms with E-state index in [1.54, 1.807) is 25.3 Å². The molecule has 0 bridgehead atoms. The quantitative estimate of drug-likeness (QED) is 0.579. The van der Waals surface area contributed by atoms with E-state index in [1.165, 1.54) is 6.07 Å². The van der Waals surface area contributed by atoms with Crippen molar-refractivity contribution < 1.29 is 9.50 Å². The smallest absolute Gasteiger partial charge is 0.167 e. The number of rotatable bonds is 0. The largest absolute Gasteiger partial charge is 0.505 e. The maximum Gasteiger partial charge on any atom is 0.167 e. The van der Waals surface area contributed by atoms with Gasteiger partial charge < -0.3 is 5.11 Å². The average Bonchev–Trinajstić information content (AvgIpc) is 2.04. The molecular formula is C8H11FOS. The zero-order valence-corrected chi connectivity index (χ0v) is 7.40. The van der Waals surface area contributed by atoms with Crippen LogP contribution in [0, 0.1) is 12.7 Å². The first kappa shape index (κ1) is 10.3. The molecule has 0 saturated carbocycles. The topological polar surface area (TPSA) is 20.2 Å². The number of aryl methyl sites for hydroxylation is 1. The van der Waals surface area contributed by atoms with Gasteiger partial charge in [0, 0.05) is 0 Å². The summed E-state index contributed by atoms with van der Waals surface area (Å²) in [6.45, 7) is 1.61. The van der Waals surface area contributed by atoms with Gasteiger partial charge in [0.25, 0.3) is 0 Å². The molecule has 0 aliphatic carbocycles. The van der Waals surface area contributed by atoms with Gasteiger partial charge in [0.1, 0.15) is 0 Å². The summed E-state index contributed by atoms with van der Waals surface area (Å²) in [5.74, 6) is -0.812. The lowest BCUT2D eigenvalue weighted by Gasteiger charge is -1.95. The first-order valence-corrected chi connectivity index (χ1v) is 4.00. The Bertz CT molecular complexity index is 205. The molecular weight excluding hydrogens is 163 g/mol. The van der Waals surface area contributed by atoms with Gasteiger partial charge in [0.15, 0.2) is 11.6 Å². The fraction of sp³-hybridized carbons (Fsp3) is 0.250. The molecule has 0 atom stereocenters. The van der Waals surface area contributed by atoms with E-state index in [0.717, 1.165) is 0 Å². The molecule has 62 valence electrons. The third-order valence-electron chi connectivity index (χ3n) is 1.17. The van der Waals surface area contributed by atoms with Gasteiger partial charge in [0.2, 0.25) is 0 Å². The number of halogens is 1. The molecule has 0 unspecified atom stereocenters. The second-order valence-corrected chi connectivity index (χ2v) is 1.91. The summed E-state index contributed by atoms with van der Waals surface area (Å²) in [4.78, 5) is 0. The Labute approximate surface area is 71.3 Å². The van der Waals surface area contributed by atoms with Crippen molar-refractivity contribution in [2.24, 2.45) is 0 Å². The van der Waals surface area contributed by atoms with Gasteiger partial charge >= 0.3 is 0 Å². The maximum absolute atomic E-state index is 12.5. The molecule has 0 saturated heterocycles. The second kappa shape index (κ2) is 5.02. The van der Waals surface area contributed by atoms with E-state index in [4.69, 9.17) is 5.11 Å². The number of hydrogen-bond donors (Lipinski definition) is 2. The Hall–Kier alpha value is -0.700. The van der Waals surface area contributed by atoms with Crippen LogP contribution >= 0.6 is 12.6 Å². The Morgan fingerprint density at radius 1 is 1.36 bits per heavy atom. The van der Waals surface area contributed by atoms with E-state index in [9.17, 15) is 4.39 Å². The van der Waals surface area contributed by atoms with Gasteiger partial charge in [0.05, 0.1) is 0 Å². The molecule has 1 rings (SSSR count). The van der Waals surface area contributed by atoms with Crippen LogP contribution in [0.3, 0.4) is 0 Å². The minimum atomic E-state index is -0.530. The highest BCUT2D eigenvalue weighted by Crippen LogP contribution is 2.16. The SMILES string of the molecule is CS.Cc1cccc(O)c1F. The van der Waals surface area contributed by atoms with Crippen molar-refractivity contribution in [1.29, 1.82) is 0 Å². The number of phenolic OH excluding ortho intramolecular Hbond substituents is 1. The van der Waals surface area contributed by atoms with Crippen molar-refractivity contribution in [3.05, 3.63) is 29.6 Å². The van der Waals surface area contributed by atoms with Crippen LogP contribution in [0.1, 0.15) is 5.56 Å². The molecule has 3 heteroatoms. The molecule has 0 amide bonds. The van der Waals surface area contributed by atoms with E-state index >= 15 is 0 Å². The summed E-state index contributed by atoms with van der Waals surface area (Å²) in [5, 5.41) is 8.73. The molecule has 0 heterocycles. The van der Waals surface area contributed by atoms with Crippen molar-refractivity contribution in [3.8, 4) is 5.75 Å². The Balaban J connectivity index is 0.000000461. The van der Waals surface area contributed by atoms with Gasteiger partial charge in [-0.15, -0.1) is 0 Å². The first-order valence-electron chi connectivity index (χ1n) is 3.10. The van der Waals surface area contributed by atoms with Crippen LogP contribution in [0.5, 0.6) is 5.75 Å². The molecule has 1 aromatic rings. The van der Waals surface area contributed by atoms with Gasteiger partial charge in [-0.25, -0.2) is 4.39 Å². The Morgan fingerprint density at radius 3 is 2.27 bits per heavy atom. The summed E-state index contributed by atoms with van der Waals surface area (Å²) in [7, 11) is 0.